The van der Waals surface area contributed by atoms with Gasteiger partial charge in [-0.1, -0.05) is 18.2 Å². The van der Waals surface area contributed by atoms with Crippen molar-refractivity contribution < 1.29 is 23.8 Å². The molecule has 190 valence electrons. The zero-order valence-corrected chi connectivity index (χ0v) is 20.8. The molecule has 1 atom stereocenters. The van der Waals surface area contributed by atoms with Gasteiger partial charge in [0.05, 0.1) is 23.7 Å². The highest BCUT2D eigenvalue weighted by Gasteiger charge is 2.20. The minimum Gasteiger partial charge on any atom is -0.497 e. The van der Waals surface area contributed by atoms with Gasteiger partial charge in [-0.2, -0.15) is 0 Å². The summed E-state index contributed by atoms with van der Waals surface area (Å²) in [5.41, 5.74) is 3.14. The SMILES string of the molecule is COc1ccc(-c2nc3ccc(C(=O)OC(C)C(=O)Nc4ccc(Oc5ccccc5)cc4)cc3[nH]2)cc1. The number of amides is 1. The first kappa shape index (κ1) is 24.6. The highest BCUT2D eigenvalue weighted by Crippen LogP contribution is 2.25. The van der Waals surface area contributed by atoms with Gasteiger partial charge in [-0.3, -0.25) is 4.79 Å². The molecule has 2 N–H and O–H groups in total. The van der Waals surface area contributed by atoms with E-state index in [1.165, 1.54) is 6.92 Å². The molecule has 4 aromatic carbocycles. The molecule has 0 aliphatic carbocycles. The Bertz CT molecular complexity index is 1560. The van der Waals surface area contributed by atoms with Crippen molar-refractivity contribution in [2.45, 2.75) is 13.0 Å². The number of H-pyrrole nitrogens is 1. The second-order valence-corrected chi connectivity index (χ2v) is 8.52. The molecule has 5 aromatic rings. The summed E-state index contributed by atoms with van der Waals surface area (Å²) in [5, 5.41) is 2.75. The van der Waals surface area contributed by atoms with Gasteiger partial charge >= 0.3 is 5.97 Å². The van der Waals surface area contributed by atoms with Crippen molar-refractivity contribution >= 4 is 28.6 Å². The van der Waals surface area contributed by atoms with Gasteiger partial charge in [0.1, 0.15) is 23.1 Å². The van der Waals surface area contributed by atoms with Crippen LogP contribution in [0, 0.1) is 0 Å². The first-order valence-electron chi connectivity index (χ1n) is 12.0. The maximum atomic E-state index is 12.8. The van der Waals surface area contributed by atoms with Crippen molar-refractivity contribution in [3.8, 4) is 28.6 Å². The van der Waals surface area contributed by atoms with Crippen LogP contribution in [0.5, 0.6) is 17.2 Å². The van der Waals surface area contributed by atoms with Gasteiger partial charge < -0.3 is 24.5 Å². The van der Waals surface area contributed by atoms with E-state index in [-0.39, 0.29) is 0 Å². The van der Waals surface area contributed by atoms with Crippen molar-refractivity contribution in [1.82, 2.24) is 9.97 Å². The Morgan fingerprint density at radius 2 is 1.53 bits per heavy atom. The number of benzene rings is 4. The van der Waals surface area contributed by atoms with E-state index >= 15 is 0 Å². The molecule has 0 saturated heterocycles. The van der Waals surface area contributed by atoms with Gasteiger partial charge in [0.2, 0.25) is 0 Å². The highest BCUT2D eigenvalue weighted by atomic mass is 16.5. The normalized spacial score (nSPS) is 11.5. The lowest BCUT2D eigenvalue weighted by atomic mass is 10.2. The maximum Gasteiger partial charge on any atom is 0.338 e. The van der Waals surface area contributed by atoms with E-state index in [1.54, 1.807) is 49.6 Å². The first-order chi connectivity index (χ1) is 18.5. The molecule has 0 radical (unpaired) electrons. The van der Waals surface area contributed by atoms with Crippen LogP contribution in [0.15, 0.2) is 97.1 Å². The number of ether oxygens (including phenoxy) is 3. The number of para-hydroxylation sites is 1. The van der Waals surface area contributed by atoms with Crippen LogP contribution in [0.4, 0.5) is 5.69 Å². The zero-order chi connectivity index (χ0) is 26.5. The summed E-state index contributed by atoms with van der Waals surface area (Å²) >= 11 is 0. The van der Waals surface area contributed by atoms with Crippen molar-refractivity contribution in [2.75, 3.05) is 12.4 Å². The molecule has 1 amide bonds. The van der Waals surface area contributed by atoms with Gasteiger partial charge in [0, 0.05) is 11.3 Å². The fraction of sp³-hybridized carbons (Fsp3) is 0.100. The van der Waals surface area contributed by atoms with Crippen LogP contribution in [0.3, 0.4) is 0 Å². The molecule has 0 bridgehead atoms. The standard InChI is InChI=1S/C30H25N3O5/c1-19(29(34)31-22-11-15-25(16-12-22)38-24-6-4-3-5-7-24)37-30(35)21-10-17-26-27(18-21)33-28(32-26)20-8-13-23(36-2)14-9-20/h3-19H,1-2H3,(H,31,34)(H,32,33). The van der Waals surface area contributed by atoms with E-state index in [0.29, 0.717) is 33.9 Å². The third-order valence-corrected chi connectivity index (χ3v) is 5.83. The van der Waals surface area contributed by atoms with Crippen LogP contribution in [0.2, 0.25) is 0 Å². The number of rotatable bonds is 8. The lowest BCUT2D eigenvalue weighted by molar-refractivity contribution is -0.123. The number of anilines is 1. The molecule has 0 spiro atoms. The molecule has 8 heteroatoms. The van der Waals surface area contributed by atoms with Crippen LogP contribution in [-0.4, -0.2) is 35.1 Å². The van der Waals surface area contributed by atoms with E-state index in [1.807, 2.05) is 54.6 Å². The Morgan fingerprint density at radius 3 is 2.24 bits per heavy atom. The van der Waals surface area contributed by atoms with E-state index in [2.05, 4.69) is 15.3 Å². The Labute approximate surface area is 219 Å². The van der Waals surface area contributed by atoms with Crippen molar-refractivity contribution in [3.05, 3.63) is 103 Å². The van der Waals surface area contributed by atoms with E-state index in [4.69, 9.17) is 14.2 Å². The number of nitrogens with one attached hydrogen (secondary N) is 2. The number of nitrogens with zero attached hydrogens (tertiary/aromatic N) is 1. The molecule has 0 aliphatic heterocycles. The van der Waals surface area contributed by atoms with E-state index in [9.17, 15) is 9.59 Å². The third-order valence-electron chi connectivity index (χ3n) is 5.83. The second-order valence-electron chi connectivity index (χ2n) is 8.52. The van der Waals surface area contributed by atoms with Crippen LogP contribution in [-0.2, 0) is 9.53 Å². The van der Waals surface area contributed by atoms with Gasteiger partial charge in [-0.05, 0) is 85.8 Å². The predicted molar refractivity (Wildman–Crippen MR) is 145 cm³/mol. The Balaban J connectivity index is 1.20. The Kier molecular flexibility index (Phi) is 7.04. The summed E-state index contributed by atoms with van der Waals surface area (Å²) < 4.78 is 16.4. The number of fused-ring (bicyclic) bond motifs is 1. The molecule has 1 unspecified atom stereocenters. The zero-order valence-electron chi connectivity index (χ0n) is 20.8. The average molecular weight is 508 g/mol. The minimum atomic E-state index is -1.00. The fourth-order valence-electron chi connectivity index (χ4n) is 3.78. The molecular formula is C30H25N3O5. The summed E-state index contributed by atoms with van der Waals surface area (Å²) in [5.74, 6) is 1.72. The number of carbonyl (C=O) groups excluding carboxylic acids is 2. The molecule has 1 heterocycles. The van der Waals surface area contributed by atoms with E-state index < -0.39 is 18.0 Å². The molecule has 5 rings (SSSR count). The van der Waals surface area contributed by atoms with Crippen LogP contribution >= 0.6 is 0 Å². The first-order valence-corrected chi connectivity index (χ1v) is 12.0. The number of aromatic nitrogens is 2. The van der Waals surface area contributed by atoms with Crippen LogP contribution < -0.4 is 14.8 Å². The van der Waals surface area contributed by atoms with Crippen LogP contribution in [0.1, 0.15) is 17.3 Å². The Hall–Kier alpha value is -5.11. The lowest BCUT2D eigenvalue weighted by Crippen LogP contribution is -2.30. The van der Waals surface area contributed by atoms with E-state index in [0.717, 1.165) is 17.1 Å². The minimum absolute atomic E-state index is 0.310. The average Bonchev–Trinajstić information content (AvgIpc) is 3.38. The lowest BCUT2D eigenvalue weighted by Gasteiger charge is -2.14. The summed E-state index contributed by atoms with van der Waals surface area (Å²) in [7, 11) is 1.61. The largest absolute Gasteiger partial charge is 0.497 e. The quantitative estimate of drug-likeness (QED) is 0.242. The number of hydrogen-bond acceptors (Lipinski definition) is 6. The number of esters is 1. The van der Waals surface area contributed by atoms with Gasteiger partial charge in [-0.15, -0.1) is 0 Å². The number of imidazole rings is 1. The summed E-state index contributed by atoms with van der Waals surface area (Å²) in [6.07, 6.45) is -1.00. The fourth-order valence-corrected chi connectivity index (χ4v) is 3.78. The molecule has 0 aliphatic rings. The number of methoxy groups -OCH3 is 1. The molecule has 1 aromatic heterocycles. The van der Waals surface area contributed by atoms with Crippen molar-refractivity contribution in [1.29, 1.82) is 0 Å². The third kappa shape index (κ3) is 5.65. The number of aromatic amines is 1. The summed E-state index contributed by atoms with van der Waals surface area (Å²) in [6, 6.07) is 28.9. The number of carbonyl (C=O) groups is 2. The molecule has 0 saturated carbocycles. The molecular weight excluding hydrogens is 482 g/mol. The van der Waals surface area contributed by atoms with Crippen LogP contribution in [0.25, 0.3) is 22.4 Å². The predicted octanol–water partition coefficient (Wildman–Crippen LogP) is 6.21. The summed E-state index contributed by atoms with van der Waals surface area (Å²) in [6.45, 7) is 1.52. The second kappa shape index (κ2) is 10.9. The highest BCUT2D eigenvalue weighted by molar-refractivity contribution is 5.98. The topological polar surface area (TPSA) is 103 Å². The summed E-state index contributed by atoms with van der Waals surface area (Å²) in [4.78, 5) is 33.2. The van der Waals surface area contributed by atoms with Crippen molar-refractivity contribution in [2.24, 2.45) is 0 Å². The number of hydrogen-bond donors (Lipinski definition) is 2. The smallest absolute Gasteiger partial charge is 0.338 e. The van der Waals surface area contributed by atoms with Crippen molar-refractivity contribution in [3.63, 3.8) is 0 Å². The molecule has 0 fully saturated rings. The Morgan fingerprint density at radius 1 is 0.842 bits per heavy atom. The maximum absolute atomic E-state index is 12.8. The van der Waals surface area contributed by atoms with Gasteiger partial charge in [-0.25, -0.2) is 9.78 Å². The molecule has 8 nitrogen and oxygen atoms in total. The molecule has 38 heavy (non-hydrogen) atoms. The monoisotopic (exact) mass is 507 g/mol. The van der Waals surface area contributed by atoms with Gasteiger partial charge in [0.15, 0.2) is 6.10 Å². The van der Waals surface area contributed by atoms with Gasteiger partial charge in [0.25, 0.3) is 5.91 Å².